The van der Waals surface area contributed by atoms with E-state index in [1.165, 1.54) is 4.90 Å². The normalized spacial score (nSPS) is 30.8. The molecular formula is C32H43ClN2O6. The largest absolute Gasteiger partial charge is 0.465 e. The van der Waals surface area contributed by atoms with Gasteiger partial charge in [-0.25, -0.2) is 0 Å². The average molecular weight is 587 g/mol. The standard InChI is InChI=1S/C32H43ClN2O6/c1-8-10-11-16-40-30(39)25-24-28(37)35(23(18-36)19(3)4)27(32(24)17-21(6)31(25,7)41-32)29(38)34(15-9-2)26-20(5)13-12-14-22(26)33/h8-9,12-14,19,21,23-25,27,36H,1-2,10-11,15-18H2,3-7H3/t21?,23-,24-,25-,27?,31+,32?/m0/s1. The minimum absolute atomic E-state index is 0.131. The van der Waals surface area contributed by atoms with E-state index in [4.69, 9.17) is 21.1 Å². The second-order valence-corrected chi connectivity index (χ2v) is 12.6. The summed E-state index contributed by atoms with van der Waals surface area (Å²) in [5.74, 6) is -3.35. The van der Waals surface area contributed by atoms with Crippen molar-refractivity contribution in [2.45, 2.75) is 77.2 Å². The second-order valence-electron chi connectivity index (χ2n) is 12.2. The van der Waals surface area contributed by atoms with Crippen LogP contribution in [-0.4, -0.2) is 70.8 Å². The van der Waals surface area contributed by atoms with E-state index >= 15 is 0 Å². The zero-order valence-corrected chi connectivity index (χ0v) is 25.5. The Balaban J connectivity index is 1.86. The highest BCUT2D eigenvalue weighted by Gasteiger charge is 2.81. The fraction of sp³-hybridized carbons (Fsp3) is 0.594. The maximum Gasteiger partial charge on any atom is 0.312 e. The van der Waals surface area contributed by atoms with E-state index in [0.717, 1.165) is 5.56 Å². The number of nitrogens with zero attached hydrogens (tertiary/aromatic N) is 2. The van der Waals surface area contributed by atoms with Gasteiger partial charge in [0.05, 0.1) is 41.5 Å². The van der Waals surface area contributed by atoms with Gasteiger partial charge in [0, 0.05) is 6.54 Å². The molecule has 3 saturated heterocycles. The summed E-state index contributed by atoms with van der Waals surface area (Å²) in [5.41, 5.74) is -0.944. The van der Waals surface area contributed by atoms with Crippen molar-refractivity contribution in [1.29, 1.82) is 0 Å². The molecule has 3 aliphatic heterocycles. The number of ether oxygens (including phenoxy) is 2. The van der Waals surface area contributed by atoms with Crippen LogP contribution in [0.15, 0.2) is 43.5 Å². The van der Waals surface area contributed by atoms with Crippen molar-refractivity contribution in [2.24, 2.45) is 23.7 Å². The topological polar surface area (TPSA) is 96.4 Å². The highest BCUT2D eigenvalue weighted by Crippen LogP contribution is 2.66. The number of hydrogen-bond donors (Lipinski definition) is 1. The number of para-hydroxylation sites is 1. The number of carbonyl (C=O) groups is 3. The summed E-state index contributed by atoms with van der Waals surface area (Å²) in [7, 11) is 0. The summed E-state index contributed by atoms with van der Waals surface area (Å²) in [6, 6.07) is 3.65. The van der Waals surface area contributed by atoms with Gasteiger partial charge in [0.25, 0.3) is 5.91 Å². The van der Waals surface area contributed by atoms with E-state index in [2.05, 4.69) is 13.2 Å². The molecule has 3 heterocycles. The number of esters is 1. The predicted octanol–water partition coefficient (Wildman–Crippen LogP) is 4.70. The zero-order valence-electron chi connectivity index (χ0n) is 24.8. The molecule has 3 fully saturated rings. The van der Waals surface area contributed by atoms with Gasteiger partial charge < -0.3 is 24.4 Å². The van der Waals surface area contributed by atoms with E-state index in [1.54, 1.807) is 23.1 Å². The van der Waals surface area contributed by atoms with Gasteiger partial charge in [-0.2, -0.15) is 0 Å². The smallest absolute Gasteiger partial charge is 0.312 e. The van der Waals surface area contributed by atoms with Gasteiger partial charge in [-0.15, -0.1) is 13.2 Å². The van der Waals surface area contributed by atoms with Crippen LogP contribution in [0.1, 0.15) is 52.5 Å². The lowest BCUT2D eigenvalue weighted by molar-refractivity contribution is -0.162. The van der Waals surface area contributed by atoms with Crippen LogP contribution in [-0.2, 0) is 23.9 Å². The second kappa shape index (κ2) is 11.9. The molecule has 0 aliphatic carbocycles. The predicted molar refractivity (Wildman–Crippen MR) is 158 cm³/mol. The van der Waals surface area contributed by atoms with Gasteiger partial charge in [-0.05, 0) is 56.6 Å². The Bertz CT molecular complexity index is 1200. The minimum Gasteiger partial charge on any atom is -0.465 e. The molecule has 1 spiro atoms. The third-order valence-electron chi connectivity index (χ3n) is 9.39. The fourth-order valence-electron chi connectivity index (χ4n) is 7.32. The number of aliphatic hydroxyl groups excluding tert-OH is 1. The Morgan fingerprint density at radius 2 is 2.02 bits per heavy atom. The van der Waals surface area contributed by atoms with Crippen LogP contribution in [0.4, 0.5) is 5.69 Å². The van der Waals surface area contributed by atoms with Crippen molar-refractivity contribution in [3.63, 3.8) is 0 Å². The number of aliphatic hydroxyl groups is 1. The van der Waals surface area contributed by atoms with Crippen LogP contribution in [0.2, 0.25) is 5.02 Å². The van der Waals surface area contributed by atoms with Crippen LogP contribution >= 0.6 is 11.6 Å². The number of unbranched alkanes of at least 4 members (excludes halogenated alkanes) is 1. The maximum absolute atomic E-state index is 14.8. The molecule has 2 amide bonds. The summed E-state index contributed by atoms with van der Waals surface area (Å²) in [5, 5.41) is 10.9. The fourth-order valence-corrected chi connectivity index (χ4v) is 7.64. The highest BCUT2D eigenvalue weighted by molar-refractivity contribution is 6.34. The summed E-state index contributed by atoms with van der Waals surface area (Å²) < 4.78 is 12.5. The number of fused-ring (bicyclic) bond motifs is 1. The molecule has 4 rings (SSSR count). The first-order valence-corrected chi connectivity index (χ1v) is 14.9. The molecular weight excluding hydrogens is 544 g/mol. The molecule has 1 N–H and O–H groups in total. The van der Waals surface area contributed by atoms with Crippen LogP contribution < -0.4 is 4.90 Å². The number of amides is 2. The van der Waals surface area contributed by atoms with E-state index in [9.17, 15) is 19.5 Å². The number of hydrogen-bond acceptors (Lipinski definition) is 6. The first-order chi connectivity index (χ1) is 19.4. The van der Waals surface area contributed by atoms with Crippen molar-refractivity contribution in [3.05, 3.63) is 54.1 Å². The molecule has 41 heavy (non-hydrogen) atoms. The molecule has 0 radical (unpaired) electrons. The first-order valence-electron chi connectivity index (χ1n) is 14.5. The number of rotatable bonds is 12. The van der Waals surface area contributed by atoms with E-state index < -0.39 is 41.1 Å². The van der Waals surface area contributed by atoms with Crippen molar-refractivity contribution < 1.29 is 29.0 Å². The quantitative estimate of drug-likeness (QED) is 0.217. The Morgan fingerprint density at radius 3 is 2.61 bits per heavy atom. The Kier molecular flexibility index (Phi) is 9.07. The molecule has 9 heteroatoms. The van der Waals surface area contributed by atoms with Gasteiger partial charge in [-0.1, -0.05) is 56.7 Å². The average Bonchev–Trinajstić information content (AvgIpc) is 3.42. The molecule has 2 bridgehead atoms. The molecule has 7 atom stereocenters. The third-order valence-corrected chi connectivity index (χ3v) is 9.69. The summed E-state index contributed by atoms with van der Waals surface area (Å²) in [6.07, 6.45) is 5.11. The Morgan fingerprint density at radius 1 is 1.32 bits per heavy atom. The molecule has 0 saturated carbocycles. The number of anilines is 1. The SMILES string of the molecule is C=CCCCOC(=O)[C@@H]1[C@H]2C(=O)N([C@@H](CO)C(C)C)C(C(=O)N(CC=C)c3c(C)cccc3Cl)C23CC(C)[C@@]1(C)O3. The van der Waals surface area contributed by atoms with E-state index in [0.29, 0.717) is 30.0 Å². The molecule has 3 unspecified atom stereocenters. The van der Waals surface area contributed by atoms with Gasteiger partial charge >= 0.3 is 5.97 Å². The van der Waals surface area contributed by atoms with E-state index in [-0.39, 0.29) is 43.4 Å². The number of likely N-dealkylation sites (tertiary alicyclic amines) is 1. The zero-order chi connectivity index (χ0) is 30.3. The van der Waals surface area contributed by atoms with Crippen molar-refractivity contribution in [2.75, 3.05) is 24.7 Å². The van der Waals surface area contributed by atoms with Gasteiger partial charge in [0.15, 0.2) is 0 Å². The summed E-state index contributed by atoms with van der Waals surface area (Å²) in [4.78, 5) is 46.0. The van der Waals surface area contributed by atoms with Gasteiger partial charge in [0.1, 0.15) is 17.6 Å². The summed E-state index contributed by atoms with van der Waals surface area (Å²) in [6.45, 7) is 17.1. The van der Waals surface area contributed by atoms with Crippen LogP contribution in [0.3, 0.4) is 0 Å². The molecule has 1 aromatic carbocycles. The first kappa shape index (κ1) is 31.3. The van der Waals surface area contributed by atoms with Crippen LogP contribution in [0.5, 0.6) is 0 Å². The molecule has 1 aromatic rings. The van der Waals surface area contributed by atoms with Gasteiger partial charge in [0.2, 0.25) is 5.91 Å². The monoisotopic (exact) mass is 586 g/mol. The lowest BCUT2D eigenvalue weighted by Gasteiger charge is -2.41. The molecule has 0 aromatic heterocycles. The van der Waals surface area contributed by atoms with E-state index in [1.807, 2.05) is 46.8 Å². The number of aryl methyl sites for hydroxylation is 1. The Hall–Kier alpha value is -2.68. The number of halogens is 1. The molecule has 3 aliphatic rings. The van der Waals surface area contributed by atoms with Crippen LogP contribution in [0, 0.1) is 30.6 Å². The van der Waals surface area contributed by atoms with Crippen molar-refractivity contribution >= 4 is 35.1 Å². The lowest BCUT2D eigenvalue weighted by atomic mass is 9.62. The number of allylic oxidation sites excluding steroid dienone is 1. The van der Waals surface area contributed by atoms with Crippen molar-refractivity contribution in [1.82, 2.24) is 4.90 Å². The Labute approximate surface area is 248 Å². The minimum atomic E-state index is -1.27. The third kappa shape index (κ3) is 4.92. The maximum atomic E-state index is 14.8. The molecule has 224 valence electrons. The number of carbonyl (C=O) groups excluding carboxylic acids is 3. The highest BCUT2D eigenvalue weighted by atomic mass is 35.5. The lowest BCUT2D eigenvalue weighted by Crippen LogP contribution is -2.60. The number of benzene rings is 1. The van der Waals surface area contributed by atoms with Crippen LogP contribution in [0.25, 0.3) is 0 Å². The van der Waals surface area contributed by atoms with Crippen molar-refractivity contribution in [3.8, 4) is 0 Å². The summed E-state index contributed by atoms with van der Waals surface area (Å²) >= 11 is 6.64. The molecule has 8 nitrogen and oxygen atoms in total. The van der Waals surface area contributed by atoms with Gasteiger partial charge in [-0.3, -0.25) is 14.4 Å².